The van der Waals surface area contributed by atoms with Crippen LogP contribution in [0.4, 0.5) is 0 Å². The largest absolute Gasteiger partial charge is 0.395 e. The van der Waals surface area contributed by atoms with E-state index in [1.165, 1.54) is 24.6 Å². The van der Waals surface area contributed by atoms with Crippen LogP contribution in [0.5, 0.6) is 0 Å². The number of hydrogen-bond donors (Lipinski definition) is 1. The number of nitrogens with zero attached hydrogens (tertiary/aromatic N) is 2. The third-order valence-electron chi connectivity index (χ3n) is 2.82. The van der Waals surface area contributed by atoms with Crippen LogP contribution in [0, 0.1) is 11.3 Å². The summed E-state index contributed by atoms with van der Waals surface area (Å²) in [5, 5.41) is 17.4. The second kappa shape index (κ2) is 7.53. The smallest absolute Gasteiger partial charge is 0.232 e. The molecule has 0 atom stereocenters. The molecule has 0 spiro atoms. The molecule has 90 valence electrons. The van der Waals surface area contributed by atoms with Gasteiger partial charge in [0.15, 0.2) is 0 Å². The highest BCUT2D eigenvalue weighted by Crippen LogP contribution is 2.23. The van der Waals surface area contributed by atoms with Gasteiger partial charge in [-0.2, -0.15) is 5.26 Å². The van der Waals surface area contributed by atoms with Gasteiger partial charge in [0.2, 0.25) is 5.91 Å². The van der Waals surface area contributed by atoms with Crippen molar-refractivity contribution in [1.82, 2.24) is 4.90 Å². The number of hydrogen-bond acceptors (Lipinski definition) is 4. The minimum atomic E-state index is 0.0190. The predicted molar refractivity (Wildman–Crippen MR) is 64.0 cm³/mol. The molecule has 0 aliphatic heterocycles. The molecule has 0 saturated heterocycles. The summed E-state index contributed by atoms with van der Waals surface area (Å²) >= 11 is 1.34. The average Bonchev–Trinajstić information content (AvgIpc) is 2.79. The third kappa shape index (κ3) is 4.03. The van der Waals surface area contributed by atoms with Crippen molar-refractivity contribution in [2.45, 2.75) is 31.7 Å². The molecule has 0 radical (unpaired) electrons. The highest BCUT2D eigenvalue weighted by atomic mass is 32.2. The quantitative estimate of drug-likeness (QED) is 0.706. The topological polar surface area (TPSA) is 64.3 Å². The van der Waals surface area contributed by atoms with E-state index in [0.29, 0.717) is 24.1 Å². The van der Waals surface area contributed by atoms with Crippen molar-refractivity contribution in [3.63, 3.8) is 0 Å². The lowest BCUT2D eigenvalue weighted by Gasteiger charge is -2.28. The number of thioether (sulfide) groups is 1. The highest BCUT2D eigenvalue weighted by molar-refractivity contribution is 8.00. The van der Waals surface area contributed by atoms with E-state index in [9.17, 15) is 4.79 Å². The van der Waals surface area contributed by atoms with E-state index in [0.717, 1.165) is 12.8 Å². The minimum Gasteiger partial charge on any atom is -0.395 e. The molecular formula is C11H18N2O2S. The molecule has 1 rings (SSSR count). The summed E-state index contributed by atoms with van der Waals surface area (Å²) in [6, 6.07) is 2.31. The Morgan fingerprint density at radius 1 is 1.50 bits per heavy atom. The maximum atomic E-state index is 11.9. The van der Waals surface area contributed by atoms with Gasteiger partial charge in [-0.15, -0.1) is 11.8 Å². The first kappa shape index (κ1) is 13.3. The summed E-state index contributed by atoms with van der Waals surface area (Å²) in [7, 11) is 0. The van der Waals surface area contributed by atoms with Crippen molar-refractivity contribution < 1.29 is 9.90 Å². The van der Waals surface area contributed by atoms with Gasteiger partial charge in [0.05, 0.1) is 24.2 Å². The van der Waals surface area contributed by atoms with E-state index in [1.54, 1.807) is 4.90 Å². The predicted octanol–water partition coefficient (Wildman–Crippen LogP) is 1.01. The van der Waals surface area contributed by atoms with E-state index in [1.807, 2.05) is 6.07 Å². The Labute approximate surface area is 101 Å². The molecular weight excluding hydrogens is 224 g/mol. The van der Waals surface area contributed by atoms with Crippen LogP contribution in [0.3, 0.4) is 0 Å². The Hall–Kier alpha value is -0.730. The minimum absolute atomic E-state index is 0.0190. The number of amides is 1. The number of aliphatic hydroxyl groups is 1. The van der Waals surface area contributed by atoms with Gasteiger partial charge < -0.3 is 10.0 Å². The molecule has 16 heavy (non-hydrogen) atoms. The molecule has 0 unspecified atom stereocenters. The van der Waals surface area contributed by atoms with Gasteiger partial charge in [-0.1, -0.05) is 12.8 Å². The van der Waals surface area contributed by atoms with Gasteiger partial charge in [-0.05, 0) is 12.8 Å². The third-order valence-corrected chi connectivity index (χ3v) is 3.60. The van der Waals surface area contributed by atoms with Crippen LogP contribution in [0.15, 0.2) is 0 Å². The molecule has 1 saturated carbocycles. The lowest BCUT2D eigenvalue weighted by molar-refractivity contribution is -0.131. The Kier molecular flexibility index (Phi) is 6.27. The molecule has 4 nitrogen and oxygen atoms in total. The van der Waals surface area contributed by atoms with Crippen molar-refractivity contribution >= 4 is 17.7 Å². The summed E-state index contributed by atoms with van der Waals surface area (Å²) in [6.45, 7) is 0.446. The van der Waals surface area contributed by atoms with Crippen molar-refractivity contribution in [2.75, 3.05) is 24.7 Å². The SMILES string of the molecule is N#CCSCC(=O)N(CCO)C1CCCC1. The molecule has 1 aliphatic carbocycles. The second-order valence-electron chi connectivity index (χ2n) is 3.90. The van der Waals surface area contributed by atoms with Crippen molar-refractivity contribution in [3.8, 4) is 6.07 Å². The maximum Gasteiger partial charge on any atom is 0.232 e. The maximum absolute atomic E-state index is 11.9. The van der Waals surface area contributed by atoms with Crippen LogP contribution in [0.2, 0.25) is 0 Å². The van der Waals surface area contributed by atoms with Crippen LogP contribution in [0.25, 0.3) is 0 Å². The van der Waals surface area contributed by atoms with Crippen molar-refractivity contribution in [1.29, 1.82) is 5.26 Å². The number of rotatable bonds is 6. The molecule has 0 heterocycles. The summed E-state index contributed by atoms with van der Waals surface area (Å²) in [5.41, 5.74) is 0. The Morgan fingerprint density at radius 3 is 2.75 bits per heavy atom. The van der Waals surface area contributed by atoms with Gasteiger partial charge in [0.25, 0.3) is 0 Å². The standard InChI is InChI=1S/C11H18N2O2S/c12-5-8-16-9-11(15)13(6-7-14)10-3-1-2-4-10/h10,14H,1-4,6-9H2. The fraction of sp³-hybridized carbons (Fsp3) is 0.818. The van der Waals surface area contributed by atoms with E-state index in [4.69, 9.17) is 10.4 Å². The van der Waals surface area contributed by atoms with Gasteiger partial charge in [0, 0.05) is 12.6 Å². The first-order chi connectivity index (χ1) is 7.79. The van der Waals surface area contributed by atoms with E-state index >= 15 is 0 Å². The van der Waals surface area contributed by atoms with Crippen LogP contribution < -0.4 is 0 Å². The fourth-order valence-electron chi connectivity index (χ4n) is 2.10. The Balaban J connectivity index is 2.41. The summed E-state index contributed by atoms with van der Waals surface area (Å²) in [5.74, 6) is 0.758. The van der Waals surface area contributed by atoms with Gasteiger partial charge in [0.1, 0.15) is 0 Å². The van der Waals surface area contributed by atoms with Gasteiger partial charge in [-0.25, -0.2) is 0 Å². The molecule has 1 N–H and O–H groups in total. The summed E-state index contributed by atoms with van der Waals surface area (Å²) < 4.78 is 0. The highest BCUT2D eigenvalue weighted by Gasteiger charge is 2.25. The van der Waals surface area contributed by atoms with Gasteiger partial charge >= 0.3 is 0 Å². The number of carbonyl (C=O) groups excluding carboxylic acids is 1. The zero-order valence-corrected chi connectivity index (χ0v) is 10.2. The molecule has 0 aromatic heterocycles. The second-order valence-corrected chi connectivity index (χ2v) is 4.89. The van der Waals surface area contributed by atoms with E-state index < -0.39 is 0 Å². The monoisotopic (exact) mass is 242 g/mol. The molecule has 5 heteroatoms. The first-order valence-electron chi connectivity index (χ1n) is 5.64. The lowest BCUT2D eigenvalue weighted by Crippen LogP contribution is -2.41. The van der Waals surface area contributed by atoms with Crippen LogP contribution in [-0.4, -0.2) is 46.6 Å². The summed E-state index contributed by atoms with van der Waals surface area (Å²) in [6.07, 6.45) is 4.44. The van der Waals surface area contributed by atoms with Crippen LogP contribution >= 0.6 is 11.8 Å². The molecule has 1 aliphatic rings. The zero-order chi connectivity index (χ0) is 11.8. The van der Waals surface area contributed by atoms with Gasteiger partial charge in [-0.3, -0.25) is 4.79 Å². The summed E-state index contributed by atoms with van der Waals surface area (Å²) in [4.78, 5) is 13.7. The number of aliphatic hydroxyl groups excluding tert-OH is 1. The molecule has 0 aromatic carbocycles. The fourth-order valence-corrected chi connectivity index (χ4v) is 2.64. The van der Waals surface area contributed by atoms with E-state index in [2.05, 4.69) is 0 Å². The van der Waals surface area contributed by atoms with Crippen LogP contribution in [0.1, 0.15) is 25.7 Å². The molecule has 0 bridgehead atoms. The molecule has 1 fully saturated rings. The van der Waals surface area contributed by atoms with Crippen molar-refractivity contribution in [2.24, 2.45) is 0 Å². The zero-order valence-electron chi connectivity index (χ0n) is 9.39. The number of carbonyl (C=O) groups is 1. The normalized spacial score (nSPS) is 16.0. The average molecular weight is 242 g/mol. The Morgan fingerprint density at radius 2 is 2.19 bits per heavy atom. The number of nitriles is 1. The first-order valence-corrected chi connectivity index (χ1v) is 6.80. The van der Waals surface area contributed by atoms with E-state index in [-0.39, 0.29) is 12.5 Å². The van der Waals surface area contributed by atoms with Crippen LogP contribution in [-0.2, 0) is 4.79 Å². The Bertz CT molecular complexity index is 259. The lowest BCUT2D eigenvalue weighted by atomic mass is 10.2. The molecule has 1 amide bonds. The molecule has 0 aromatic rings. The van der Waals surface area contributed by atoms with Crippen molar-refractivity contribution in [3.05, 3.63) is 0 Å².